The summed E-state index contributed by atoms with van der Waals surface area (Å²) in [6.45, 7) is 1.58. The molecule has 0 atom stereocenters. The molecule has 188 valence electrons. The summed E-state index contributed by atoms with van der Waals surface area (Å²) in [5.41, 5.74) is 1.95. The van der Waals surface area contributed by atoms with Crippen molar-refractivity contribution in [2.75, 3.05) is 5.75 Å². The molecule has 3 aromatic carbocycles. The van der Waals surface area contributed by atoms with Crippen molar-refractivity contribution in [2.45, 2.75) is 11.9 Å². The molecule has 0 spiro atoms. The highest BCUT2D eigenvalue weighted by molar-refractivity contribution is 7.91. The Morgan fingerprint density at radius 1 is 0.816 bits per heavy atom. The van der Waals surface area contributed by atoms with Crippen molar-refractivity contribution in [3.8, 4) is 34.5 Å². The first-order valence-corrected chi connectivity index (χ1v) is 13.5. The van der Waals surface area contributed by atoms with E-state index in [-0.39, 0.29) is 10.8 Å². The highest BCUT2D eigenvalue weighted by Crippen LogP contribution is 2.39. The van der Waals surface area contributed by atoms with Crippen molar-refractivity contribution in [1.82, 2.24) is 24.9 Å². The van der Waals surface area contributed by atoms with Gasteiger partial charge in [-0.1, -0.05) is 37.3 Å². The minimum absolute atomic E-state index is 0.00220. The Labute approximate surface area is 218 Å². The minimum atomic E-state index is -3.42. The Kier molecular flexibility index (Phi) is 5.93. The molecule has 6 aromatic rings. The largest absolute Gasteiger partial charge is 0.453 e. The first-order valence-electron chi connectivity index (χ1n) is 11.8. The Balaban J connectivity index is 1.41. The third-order valence-electron chi connectivity index (χ3n) is 5.94. The van der Waals surface area contributed by atoms with E-state index in [2.05, 4.69) is 24.9 Å². The number of fused-ring (bicyclic) bond motifs is 2. The summed E-state index contributed by atoms with van der Waals surface area (Å²) in [6.07, 6.45) is 6.20. The van der Waals surface area contributed by atoms with Crippen molar-refractivity contribution < 1.29 is 17.9 Å². The fraction of sp³-hybridized carbons (Fsp3) is 0.0714. The van der Waals surface area contributed by atoms with Crippen molar-refractivity contribution in [2.24, 2.45) is 0 Å². The van der Waals surface area contributed by atoms with Gasteiger partial charge in [0.1, 0.15) is 17.2 Å². The summed E-state index contributed by atoms with van der Waals surface area (Å²) in [5, 5.41) is 2.13. The maximum absolute atomic E-state index is 12.1. The molecule has 0 fully saturated rings. The van der Waals surface area contributed by atoms with Gasteiger partial charge in [-0.15, -0.1) is 0 Å². The Morgan fingerprint density at radius 2 is 1.61 bits per heavy atom. The van der Waals surface area contributed by atoms with Crippen LogP contribution >= 0.6 is 0 Å². The van der Waals surface area contributed by atoms with Gasteiger partial charge < -0.3 is 14.5 Å². The molecule has 10 heteroatoms. The lowest BCUT2D eigenvalue weighted by atomic mass is 10.1. The van der Waals surface area contributed by atoms with Crippen LogP contribution in [0.5, 0.6) is 23.0 Å². The molecule has 0 radical (unpaired) electrons. The maximum Gasteiger partial charge on any atom is 0.195 e. The number of nitrogens with zero attached hydrogens (tertiary/aromatic N) is 4. The third-order valence-corrected chi connectivity index (χ3v) is 7.58. The first-order chi connectivity index (χ1) is 18.5. The Bertz CT molecular complexity index is 1870. The lowest BCUT2D eigenvalue weighted by Gasteiger charge is -2.13. The maximum atomic E-state index is 12.1. The number of hydrogen-bond acceptors (Lipinski definition) is 8. The van der Waals surface area contributed by atoms with Crippen molar-refractivity contribution in [3.05, 3.63) is 91.5 Å². The summed E-state index contributed by atoms with van der Waals surface area (Å²) in [6, 6.07) is 20.4. The molecule has 0 amide bonds. The molecule has 0 aliphatic heterocycles. The Hall–Kier alpha value is -4.83. The normalized spacial score (nSPS) is 11.6. The molecule has 0 bridgehead atoms. The summed E-state index contributed by atoms with van der Waals surface area (Å²) in [7, 11) is -3.42. The van der Waals surface area contributed by atoms with Crippen LogP contribution in [0.2, 0.25) is 0 Å². The van der Waals surface area contributed by atoms with Crippen molar-refractivity contribution >= 4 is 31.6 Å². The second kappa shape index (κ2) is 9.56. The summed E-state index contributed by atoms with van der Waals surface area (Å²) in [4.78, 5) is 20.4. The van der Waals surface area contributed by atoms with E-state index in [1.807, 2.05) is 42.5 Å². The van der Waals surface area contributed by atoms with E-state index in [1.165, 1.54) is 12.3 Å². The first kappa shape index (κ1) is 23.6. The molecule has 1 N–H and O–H groups in total. The van der Waals surface area contributed by atoms with Gasteiger partial charge in [-0.05, 0) is 35.0 Å². The number of hydrogen-bond donors (Lipinski definition) is 1. The zero-order valence-electron chi connectivity index (χ0n) is 20.2. The number of rotatable bonds is 7. The van der Waals surface area contributed by atoms with Gasteiger partial charge in [0.2, 0.25) is 0 Å². The van der Waals surface area contributed by atoms with E-state index in [9.17, 15) is 8.42 Å². The van der Waals surface area contributed by atoms with E-state index in [1.54, 1.807) is 43.7 Å². The summed E-state index contributed by atoms with van der Waals surface area (Å²) in [5.74, 6) is 2.33. The van der Waals surface area contributed by atoms with Gasteiger partial charge in [-0.3, -0.25) is 4.98 Å². The lowest BCUT2D eigenvalue weighted by molar-refractivity contribution is 0.418. The van der Waals surface area contributed by atoms with E-state index in [0.29, 0.717) is 45.5 Å². The number of aromatic amines is 1. The van der Waals surface area contributed by atoms with Crippen LogP contribution in [0.4, 0.5) is 0 Å². The lowest BCUT2D eigenvalue weighted by Crippen LogP contribution is -2.05. The monoisotopic (exact) mass is 523 g/mol. The van der Waals surface area contributed by atoms with E-state index >= 15 is 0 Å². The van der Waals surface area contributed by atoms with Crippen LogP contribution in [0.3, 0.4) is 0 Å². The number of imidazole rings is 1. The van der Waals surface area contributed by atoms with E-state index in [0.717, 1.165) is 10.8 Å². The predicted octanol–water partition coefficient (Wildman–Crippen LogP) is 5.95. The zero-order valence-corrected chi connectivity index (χ0v) is 21.0. The highest BCUT2D eigenvalue weighted by Gasteiger charge is 2.17. The average Bonchev–Trinajstić information content (AvgIpc) is 3.37. The Morgan fingerprint density at radius 3 is 2.37 bits per heavy atom. The fourth-order valence-corrected chi connectivity index (χ4v) is 4.75. The standard InChI is InChI=1S/C28H21N5O4S/c1-2-38(34,35)27-10-9-21(16-31-27)37-26-15-23-22(32-28(33-23)24-17-29-11-12-30-24)14-25(26)36-20-8-7-18-5-3-4-6-19(18)13-20/h3-17H,2H2,1H3,(H,32,33). The molecule has 6 rings (SSSR count). The topological polar surface area (TPSA) is 120 Å². The van der Waals surface area contributed by atoms with Crippen LogP contribution in [0.15, 0.2) is 96.5 Å². The van der Waals surface area contributed by atoms with Gasteiger partial charge in [0.15, 0.2) is 32.2 Å². The number of sulfone groups is 1. The molecule has 38 heavy (non-hydrogen) atoms. The fourth-order valence-electron chi connectivity index (χ4n) is 3.96. The predicted molar refractivity (Wildman–Crippen MR) is 143 cm³/mol. The number of pyridine rings is 1. The minimum Gasteiger partial charge on any atom is -0.453 e. The summed E-state index contributed by atoms with van der Waals surface area (Å²) < 4.78 is 36.7. The zero-order chi connectivity index (χ0) is 26.1. The van der Waals surface area contributed by atoms with Crippen LogP contribution in [-0.4, -0.2) is 39.1 Å². The molecule has 0 unspecified atom stereocenters. The van der Waals surface area contributed by atoms with Crippen molar-refractivity contribution in [3.63, 3.8) is 0 Å². The van der Waals surface area contributed by atoms with Crippen LogP contribution in [0, 0.1) is 0 Å². The number of ether oxygens (including phenoxy) is 2. The molecule has 9 nitrogen and oxygen atoms in total. The van der Waals surface area contributed by atoms with E-state index in [4.69, 9.17) is 9.47 Å². The second-order valence-corrected chi connectivity index (χ2v) is 10.7. The van der Waals surface area contributed by atoms with Gasteiger partial charge in [0.05, 0.1) is 29.2 Å². The molecule has 0 saturated carbocycles. The highest BCUT2D eigenvalue weighted by atomic mass is 32.2. The van der Waals surface area contributed by atoms with Gasteiger partial charge in [0, 0.05) is 24.5 Å². The molecular weight excluding hydrogens is 502 g/mol. The van der Waals surface area contributed by atoms with Crippen LogP contribution in [0.25, 0.3) is 33.3 Å². The molecular formula is C28H21N5O4S. The van der Waals surface area contributed by atoms with Crippen molar-refractivity contribution in [1.29, 1.82) is 0 Å². The SMILES string of the molecule is CCS(=O)(=O)c1ccc(Oc2cc3[nH]c(-c4cnccn4)nc3cc2Oc2ccc3ccccc3c2)cn1. The molecule has 0 saturated heterocycles. The summed E-state index contributed by atoms with van der Waals surface area (Å²) >= 11 is 0. The molecule has 0 aliphatic rings. The molecule has 3 aromatic heterocycles. The third kappa shape index (κ3) is 4.64. The van der Waals surface area contributed by atoms with Gasteiger partial charge in [-0.25, -0.2) is 23.4 Å². The smallest absolute Gasteiger partial charge is 0.195 e. The number of nitrogens with one attached hydrogen (secondary N) is 1. The number of benzene rings is 3. The van der Waals surface area contributed by atoms with Crippen LogP contribution in [0.1, 0.15) is 6.92 Å². The van der Waals surface area contributed by atoms with Gasteiger partial charge in [-0.2, -0.15) is 0 Å². The second-order valence-electron chi connectivity index (χ2n) is 8.44. The van der Waals surface area contributed by atoms with Crippen LogP contribution < -0.4 is 9.47 Å². The average molecular weight is 524 g/mol. The molecule has 3 heterocycles. The number of aromatic nitrogens is 5. The van der Waals surface area contributed by atoms with Gasteiger partial charge >= 0.3 is 0 Å². The molecule has 0 aliphatic carbocycles. The van der Waals surface area contributed by atoms with Gasteiger partial charge in [0.25, 0.3) is 0 Å². The van der Waals surface area contributed by atoms with E-state index < -0.39 is 9.84 Å². The quantitative estimate of drug-likeness (QED) is 0.273. The van der Waals surface area contributed by atoms with Crippen LogP contribution in [-0.2, 0) is 9.84 Å². The number of H-pyrrole nitrogens is 1.